The third-order valence-electron chi connectivity index (χ3n) is 1.19. The van der Waals surface area contributed by atoms with E-state index in [0.29, 0.717) is 0 Å². The Morgan fingerprint density at radius 2 is 2.33 bits per heavy atom. The van der Waals surface area contributed by atoms with Gasteiger partial charge >= 0.3 is 5.88 Å². The molecule has 1 aliphatic rings. The molecule has 4 nitrogen and oxygen atoms in total. The van der Waals surface area contributed by atoms with E-state index in [1.807, 2.05) is 0 Å². The van der Waals surface area contributed by atoms with E-state index in [-0.39, 0.29) is 17.4 Å². The van der Waals surface area contributed by atoms with Gasteiger partial charge in [0.25, 0.3) is 5.76 Å². The fraction of sp³-hybridized carbons (Fsp3) is 0.400. The van der Waals surface area contributed by atoms with Crippen molar-refractivity contribution in [3.8, 4) is 0 Å². The Morgan fingerprint density at radius 3 is 2.44 bits per heavy atom. The van der Waals surface area contributed by atoms with Crippen LogP contribution in [0.5, 0.6) is 0 Å². The van der Waals surface area contributed by atoms with Crippen molar-refractivity contribution in [2.45, 2.75) is 13.0 Å². The summed E-state index contributed by atoms with van der Waals surface area (Å²) in [5.74, 6) is -0.657. The van der Waals surface area contributed by atoms with Crippen LogP contribution in [0.2, 0.25) is 0 Å². The van der Waals surface area contributed by atoms with E-state index in [1.54, 1.807) is 6.92 Å². The van der Waals surface area contributed by atoms with Crippen LogP contribution >= 0.6 is 0 Å². The summed E-state index contributed by atoms with van der Waals surface area (Å²) in [6.07, 6.45) is -0.558. The Hall–Kier alpha value is -1.03. The van der Waals surface area contributed by atoms with E-state index >= 15 is 0 Å². The number of hydrogen-bond acceptors (Lipinski definition) is 3. The number of ether oxygens (including phenoxy) is 1. The summed E-state index contributed by atoms with van der Waals surface area (Å²) >= 11 is 0. The average Bonchev–Trinajstić information content (AvgIpc) is 1.98. The lowest BCUT2D eigenvalue weighted by Crippen LogP contribution is -2.48. The molecular formula is C5H8NO3+. The molecule has 0 aromatic heterocycles. The smallest absolute Gasteiger partial charge is 0.334 e. The SMILES string of the molecule is CC1OC([NH3+])=C(O)C1=O. The molecule has 0 saturated carbocycles. The standard InChI is InChI=1S/C5H7NO3/c1-2-3(7)4(8)5(6)9-2/h2,8H,6H2,1H3/p+1. The number of quaternary nitrogens is 1. The van der Waals surface area contributed by atoms with Gasteiger partial charge in [-0.2, -0.15) is 0 Å². The Balaban J connectivity index is 2.87. The van der Waals surface area contributed by atoms with Gasteiger partial charge < -0.3 is 9.84 Å². The molecule has 0 aromatic rings. The highest BCUT2D eigenvalue weighted by Gasteiger charge is 2.32. The zero-order valence-electron chi connectivity index (χ0n) is 5.05. The molecule has 0 amide bonds. The van der Waals surface area contributed by atoms with Gasteiger partial charge in [0, 0.05) is 0 Å². The molecule has 0 radical (unpaired) electrons. The minimum atomic E-state index is -0.558. The number of Topliss-reactive ketones (excluding diaryl/α,β-unsaturated/α-hetero) is 1. The van der Waals surface area contributed by atoms with Crippen LogP contribution in [0.25, 0.3) is 0 Å². The van der Waals surface area contributed by atoms with Crippen LogP contribution < -0.4 is 5.73 Å². The summed E-state index contributed by atoms with van der Waals surface area (Å²) in [4.78, 5) is 10.6. The normalized spacial score (nSPS) is 26.9. The van der Waals surface area contributed by atoms with E-state index in [2.05, 4.69) is 5.73 Å². The summed E-state index contributed by atoms with van der Waals surface area (Å²) in [5.41, 5.74) is 3.31. The zero-order chi connectivity index (χ0) is 7.02. The number of hydrogen-bond donors (Lipinski definition) is 2. The number of carbonyl (C=O) groups excluding carboxylic acids is 1. The molecule has 1 heterocycles. The molecular weight excluding hydrogens is 122 g/mol. The van der Waals surface area contributed by atoms with E-state index in [4.69, 9.17) is 9.84 Å². The van der Waals surface area contributed by atoms with Crippen LogP contribution in [0.15, 0.2) is 11.6 Å². The molecule has 4 N–H and O–H groups in total. The second kappa shape index (κ2) is 1.73. The topological polar surface area (TPSA) is 74.2 Å². The maximum Gasteiger partial charge on any atom is 0.334 e. The molecule has 0 saturated heterocycles. The third-order valence-corrected chi connectivity index (χ3v) is 1.19. The lowest BCUT2D eigenvalue weighted by Gasteiger charge is -1.96. The molecule has 1 atom stereocenters. The molecule has 9 heavy (non-hydrogen) atoms. The van der Waals surface area contributed by atoms with Crippen molar-refractivity contribution in [3.05, 3.63) is 11.6 Å². The number of rotatable bonds is 0. The largest absolute Gasteiger partial charge is 0.498 e. The Kier molecular flexibility index (Phi) is 1.17. The highest BCUT2D eigenvalue weighted by molar-refractivity contribution is 5.98. The van der Waals surface area contributed by atoms with Gasteiger partial charge in [0.1, 0.15) is 0 Å². The van der Waals surface area contributed by atoms with E-state index < -0.39 is 6.10 Å². The van der Waals surface area contributed by atoms with Crippen LogP contribution in [-0.2, 0) is 9.53 Å². The number of aliphatic hydroxyl groups excluding tert-OH is 1. The molecule has 50 valence electrons. The second-order valence-electron chi connectivity index (χ2n) is 1.90. The highest BCUT2D eigenvalue weighted by atomic mass is 16.5. The van der Waals surface area contributed by atoms with Gasteiger partial charge in [0.2, 0.25) is 5.78 Å². The quantitative estimate of drug-likeness (QED) is 0.439. The van der Waals surface area contributed by atoms with Crippen LogP contribution in [0.4, 0.5) is 0 Å². The van der Waals surface area contributed by atoms with Crippen molar-refractivity contribution in [1.82, 2.24) is 0 Å². The van der Waals surface area contributed by atoms with Crippen molar-refractivity contribution in [1.29, 1.82) is 0 Å². The predicted octanol–water partition coefficient (Wildman–Crippen LogP) is -1.06. The first-order chi connectivity index (χ1) is 4.13. The fourth-order valence-electron chi connectivity index (χ4n) is 0.653. The first-order valence-corrected chi connectivity index (χ1v) is 2.59. The lowest BCUT2D eigenvalue weighted by molar-refractivity contribution is -0.359. The van der Waals surface area contributed by atoms with Gasteiger partial charge in [0.05, 0.1) is 0 Å². The summed E-state index contributed by atoms with van der Waals surface area (Å²) < 4.78 is 4.75. The number of ketones is 1. The van der Waals surface area contributed by atoms with Crippen molar-refractivity contribution in [2.24, 2.45) is 0 Å². The van der Waals surface area contributed by atoms with Crippen molar-refractivity contribution in [3.63, 3.8) is 0 Å². The third kappa shape index (κ3) is 0.768. The van der Waals surface area contributed by atoms with Crippen molar-refractivity contribution >= 4 is 5.78 Å². The molecule has 0 aliphatic carbocycles. The summed E-state index contributed by atoms with van der Waals surface area (Å²) in [5, 5.41) is 8.78. The molecule has 1 unspecified atom stereocenters. The maximum absolute atomic E-state index is 10.6. The van der Waals surface area contributed by atoms with E-state index in [0.717, 1.165) is 0 Å². The van der Waals surface area contributed by atoms with Gasteiger partial charge in [-0.1, -0.05) is 0 Å². The van der Waals surface area contributed by atoms with Crippen molar-refractivity contribution in [2.75, 3.05) is 0 Å². The molecule has 0 aromatic carbocycles. The highest BCUT2D eigenvalue weighted by Crippen LogP contribution is 2.12. The molecule has 0 fully saturated rings. The van der Waals surface area contributed by atoms with Gasteiger partial charge in [-0.05, 0) is 6.92 Å². The van der Waals surface area contributed by atoms with Crippen LogP contribution in [0, 0.1) is 0 Å². The Bertz CT molecular complexity index is 185. The second-order valence-corrected chi connectivity index (χ2v) is 1.90. The van der Waals surface area contributed by atoms with E-state index in [1.165, 1.54) is 0 Å². The molecule has 4 heteroatoms. The van der Waals surface area contributed by atoms with Crippen LogP contribution in [-0.4, -0.2) is 17.0 Å². The fourth-order valence-corrected chi connectivity index (χ4v) is 0.653. The minimum Gasteiger partial charge on any atom is -0.498 e. The molecule has 1 rings (SSSR count). The van der Waals surface area contributed by atoms with Crippen LogP contribution in [0.1, 0.15) is 6.92 Å². The summed E-state index contributed by atoms with van der Waals surface area (Å²) in [6.45, 7) is 1.57. The van der Waals surface area contributed by atoms with Gasteiger partial charge in [-0.15, -0.1) is 0 Å². The predicted molar refractivity (Wildman–Crippen MR) is 28.1 cm³/mol. The Morgan fingerprint density at radius 1 is 1.78 bits per heavy atom. The van der Waals surface area contributed by atoms with Gasteiger partial charge in [-0.25, -0.2) is 0 Å². The van der Waals surface area contributed by atoms with Crippen molar-refractivity contribution < 1.29 is 20.4 Å². The lowest BCUT2D eigenvalue weighted by atomic mass is 10.2. The summed E-state index contributed by atoms with van der Waals surface area (Å²) in [7, 11) is 0. The summed E-state index contributed by atoms with van der Waals surface area (Å²) in [6, 6.07) is 0. The Labute approximate surface area is 51.9 Å². The molecule has 1 aliphatic heterocycles. The van der Waals surface area contributed by atoms with Gasteiger partial charge in [0.15, 0.2) is 6.10 Å². The molecule has 0 bridgehead atoms. The van der Waals surface area contributed by atoms with Crippen LogP contribution in [0.3, 0.4) is 0 Å². The van der Waals surface area contributed by atoms with E-state index in [9.17, 15) is 4.79 Å². The minimum absolute atomic E-state index is 0.0764. The monoisotopic (exact) mass is 130 g/mol. The number of carbonyl (C=O) groups is 1. The van der Waals surface area contributed by atoms with Gasteiger partial charge in [-0.3, -0.25) is 10.5 Å². The average molecular weight is 130 g/mol. The first kappa shape index (κ1) is 6.10. The molecule has 0 spiro atoms. The zero-order valence-corrected chi connectivity index (χ0v) is 5.05. The maximum atomic E-state index is 10.6. The number of aliphatic hydroxyl groups is 1. The first-order valence-electron chi connectivity index (χ1n) is 2.59.